The van der Waals surface area contributed by atoms with E-state index >= 15 is 0 Å². The Morgan fingerprint density at radius 3 is 1.83 bits per heavy atom. The quantitative estimate of drug-likeness (QED) is 0.341. The monoisotopic (exact) mass is 123 g/mol. The van der Waals surface area contributed by atoms with E-state index in [2.05, 4.69) is 6.42 Å². The van der Waals surface area contributed by atoms with E-state index < -0.39 is 4.52 Å². The van der Waals surface area contributed by atoms with Gasteiger partial charge < -0.3 is 0 Å². The summed E-state index contributed by atoms with van der Waals surface area (Å²) in [5.74, 6) is 1.58. The van der Waals surface area contributed by atoms with Crippen LogP contribution in [0.5, 0.6) is 0 Å². The van der Waals surface area contributed by atoms with Crippen molar-refractivity contribution < 1.29 is 5.11 Å². The van der Waals surface area contributed by atoms with E-state index in [0.29, 0.717) is 0 Å². The summed E-state index contributed by atoms with van der Waals surface area (Å²) in [6.07, 6.45) is 4.48. The lowest BCUT2D eigenvalue weighted by Gasteiger charge is -1.92. The lowest BCUT2D eigenvalue weighted by atomic mass is 10.7. The van der Waals surface area contributed by atoms with Gasteiger partial charge in [-0.05, 0) is 5.92 Å². The maximum Gasteiger partial charge on any atom is 0.311 e. The average molecular weight is 124 g/mol. The zero-order valence-corrected chi connectivity index (χ0v) is 4.25. The van der Waals surface area contributed by atoms with E-state index in [1.807, 2.05) is 0 Å². The van der Waals surface area contributed by atoms with Gasteiger partial charge in [-0.1, -0.05) is 23.2 Å². The Bertz CT molecular complexity index is 75.8. The molecule has 0 aliphatic carbocycles. The van der Waals surface area contributed by atoms with E-state index in [1.165, 1.54) is 0 Å². The van der Waals surface area contributed by atoms with Crippen molar-refractivity contribution in [2.24, 2.45) is 0 Å². The predicted octanol–water partition coefficient (Wildman–Crippen LogP) is 1.18. The van der Waals surface area contributed by atoms with Crippen LogP contribution in [0, 0.1) is 12.3 Å². The van der Waals surface area contributed by atoms with Crippen molar-refractivity contribution in [3.05, 3.63) is 0 Å². The molecule has 0 saturated heterocycles. The SMILES string of the molecule is C#CC([O])(Cl)Cl. The lowest BCUT2D eigenvalue weighted by Crippen LogP contribution is -2.01. The van der Waals surface area contributed by atoms with E-state index in [0.717, 1.165) is 0 Å². The Balaban J connectivity index is 3.55. The summed E-state index contributed by atoms with van der Waals surface area (Å²) < 4.78 is -2.24. The molecule has 1 nitrogen and oxygen atoms in total. The second kappa shape index (κ2) is 1.70. The van der Waals surface area contributed by atoms with E-state index in [1.54, 1.807) is 5.92 Å². The van der Waals surface area contributed by atoms with Gasteiger partial charge >= 0.3 is 4.52 Å². The Kier molecular flexibility index (Phi) is 1.73. The van der Waals surface area contributed by atoms with Crippen molar-refractivity contribution in [1.29, 1.82) is 0 Å². The highest BCUT2D eigenvalue weighted by Gasteiger charge is 2.15. The first-order valence-electron chi connectivity index (χ1n) is 1.12. The Morgan fingerprint density at radius 2 is 1.83 bits per heavy atom. The molecule has 0 saturated carbocycles. The third-order valence-electron chi connectivity index (χ3n) is 0.168. The molecular formula is C3HCl2O. The second-order valence-electron chi connectivity index (χ2n) is 0.661. The molecule has 3 heteroatoms. The summed E-state index contributed by atoms with van der Waals surface area (Å²) in [6.45, 7) is 0. The number of hydrogen-bond acceptors (Lipinski definition) is 0. The van der Waals surface area contributed by atoms with Crippen molar-refractivity contribution in [2.45, 2.75) is 4.52 Å². The van der Waals surface area contributed by atoms with Crippen LogP contribution in [0.1, 0.15) is 0 Å². The van der Waals surface area contributed by atoms with Gasteiger partial charge in [-0.2, -0.15) is 5.11 Å². The molecule has 0 rings (SSSR count). The van der Waals surface area contributed by atoms with Gasteiger partial charge in [0.1, 0.15) is 0 Å². The average Bonchev–Trinajstić information content (AvgIpc) is 1.35. The predicted molar refractivity (Wildman–Crippen MR) is 24.0 cm³/mol. The number of terminal acetylenes is 1. The highest BCUT2D eigenvalue weighted by Crippen LogP contribution is 2.13. The van der Waals surface area contributed by atoms with Gasteiger partial charge in [0, 0.05) is 0 Å². The Morgan fingerprint density at radius 1 is 1.67 bits per heavy atom. The van der Waals surface area contributed by atoms with Crippen LogP contribution in [-0.2, 0) is 5.11 Å². The summed E-state index contributed by atoms with van der Waals surface area (Å²) in [6, 6.07) is 0. The van der Waals surface area contributed by atoms with E-state index in [9.17, 15) is 5.11 Å². The minimum Gasteiger partial charge on any atom is -0.179 e. The van der Waals surface area contributed by atoms with Gasteiger partial charge in [-0.15, -0.1) is 6.42 Å². The van der Waals surface area contributed by atoms with Gasteiger partial charge in [-0.3, -0.25) is 0 Å². The minimum atomic E-state index is -2.24. The van der Waals surface area contributed by atoms with Crippen LogP contribution in [0.4, 0.5) is 0 Å². The first-order valence-corrected chi connectivity index (χ1v) is 1.88. The van der Waals surface area contributed by atoms with Crippen LogP contribution >= 0.6 is 23.2 Å². The zero-order valence-electron chi connectivity index (χ0n) is 2.74. The van der Waals surface area contributed by atoms with Crippen LogP contribution in [-0.4, -0.2) is 4.52 Å². The fraction of sp³-hybridized carbons (Fsp3) is 0.333. The lowest BCUT2D eigenvalue weighted by molar-refractivity contribution is 0.170. The van der Waals surface area contributed by atoms with Gasteiger partial charge in [-0.25, -0.2) is 0 Å². The number of rotatable bonds is 0. The first-order chi connectivity index (χ1) is 2.56. The molecule has 0 unspecified atom stereocenters. The highest BCUT2D eigenvalue weighted by atomic mass is 35.5. The largest absolute Gasteiger partial charge is 0.311 e. The molecule has 0 amide bonds. The first kappa shape index (κ1) is 6.10. The van der Waals surface area contributed by atoms with Crippen molar-refractivity contribution in [1.82, 2.24) is 0 Å². The second-order valence-corrected chi connectivity index (χ2v) is 1.92. The zero-order chi connectivity index (χ0) is 5.21. The fourth-order valence-electron chi connectivity index (χ4n) is 0. The standard InChI is InChI=1S/C3HCl2O/c1-2-3(4,5)6/h1H. The minimum absolute atomic E-state index is 1.58. The molecule has 0 aromatic heterocycles. The van der Waals surface area contributed by atoms with Gasteiger partial charge in [0.2, 0.25) is 0 Å². The molecule has 0 aliphatic rings. The van der Waals surface area contributed by atoms with Gasteiger partial charge in [0.05, 0.1) is 0 Å². The normalized spacial score (nSPS) is 10.3. The van der Waals surface area contributed by atoms with Crippen molar-refractivity contribution in [3.8, 4) is 12.3 Å². The summed E-state index contributed by atoms with van der Waals surface area (Å²) in [4.78, 5) is 0. The molecular weight excluding hydrogens is 123 g/mol. The van der Waals surface area contributed by atoms with Crippen LogP contribution < -0.4 is 0 Å². The molecule has 6 heavy (non-hydrogen) atoms. The number of hydrogen-bond donors (Lipinski definition) is 0. The maximum atomic E-state index is 9.77. The topological polar surface area (TPSA) is 19.9 Å². The van der Waals surface area contributed by atoms with Crippen LogP contribution in [0.25, 0.3) is 0 Å². The highest BCUT2D eigenvalue weighted by molar-refractivity contribution is 6.48. The summed E-state index contributed by atoms with van der Waals surface area (Å²) in [5, 5.41) is 9.77. The molecule has 0 heterocycles. The third kappa shape index (κ3) is 4.10. The van der Waals surface area contributed by atoms with Gasteiger partial charge in [0.25, 0.3) is 0 Å². The fourth-order valence-corrected chi connectivity index (χ4v) is 0. The van der Waals surface area contributed by atoms with Crippen molar-refractivity contribution in [2.75, 3.05) is 0 Å². The molecule has 0 N–H and O–H groups in total. The molecule has 33 valence electrons. The van der Waals surface area contributed by atoms with Crippen molar-refractivity contribution in [3.63, 3.8) is 0 Å². The molecule has 0 aromatic carbocycles. The van der Waals surface area contributed by atoms with Crippen LogP contribution in [0.3, 0.4) is 0 Å². The van der Waals surface area contributed by atoms with Crippen LogP contribution in [0.15, 0.2) is 0 Å². The molecule has 0 bridgehead atoms. The van der Waals surface area contributed by atoms with E-state index in [-0.39, 0.29) is 0 Å². The smallest absolute Gasteiger partial charge is 0.179 e. The maximum absolute atomic E-state index is 9.77. The molecule has 0 aromatic rings. The van der Waals surface area contributed by atoms with Gasteiger partial charge in [0.15, 0.2) is 0 Å². The summed E-state index contributed by atoms with van der Waals surface area (Å²) in [7, 11) is 0. The number of halogens is 2. The molecule has 1 radical (unpaired) electrons. The summed E-state index contributed by atoms with van der Waals surface area (Å²) >= 11 is 9.38. The molecule has 0 fully saturated rings. The molecule has 0 spiro atoms. The molecule has 0 aliphatic heterocycles. The van der Waals surface area contributed by atoms with Crippen LogP contribution in [0.2, 0.25) is 0 Å². The summed E-state index contributed by atoms with van der Waals surface area (Å²) in [5.41, 5.74) is 0. The number of alkyl halides is 2. The molecule has 0 atom stereocenters. The Labute approximate surface area is 45.9 Å². The van der Waals surface area contributed by atoms with Crippen molar-refractivity contribution >= 4 is 23.2 Å². The third-order valence-corrected chi connectivity index (χ3v) is 0.386. The van der Waals surface area contributed by atoms with E-state index in [4.69, 9.17) is 23.2 Å². The Hall–Kier alpha value is 0.100.